The summed E-state index contributed by atoms with van der Waals surface area (Å²) in [7, 11) is 0. The van der Waals surface area contributed by atoms with E-state index in [0.29, 0.717) is 10.3 Å². The van der Waals surface area contributed by atoms with Crippen molar-refractivity contribution in [3.63, 3.8) is 0 Å². The van der Waals surface area contributed by atoms with Gasteiger partial charge in [0.05, 0.1) is 0 Å². The lowest BCUT2D eigenvalue weighted by Gasteiger charge is -2.16. The van der Waals surface area contributed by atoms with Gasteiger partial charge in [0.25, 0.3) is 0 Å². The van der Waals surface area contributed by atoms with Crippen LogP contribution in [0.25, 0.3) is 6.08 Å². The number of rotatable bonds is 16. The van der Waals surface area contributed by atoms with Crippen LogP contribution in [0, 0.1) is 6.92 Å². The van der Waals surface area contributed by atoms with Crippen molar-refractivity contribution in [2.75, 3.05) is 17.8 Å². The predicted octanol–water partition coefficient (Wildman–Crippen LogP) is 7.89. The first-order valence-electron chi connectivity index (χ1n) is 12.4. The minimum Gasteiger partial charge on any atom is -0.348 e. The first-order valence-corrected chi connectivity index (χ1v) is 14.4. The molecule has 9 heteroatoms. The first kappa shape index (κ1) is 32.5. The molecule has 37 heavy (non-hydrogen) atoms. The van der Waals surface area contributed by atoms with Crippen molar-refractivity contribution < 1.29 is 4.79 Å². The van der Waals surface area contributed by atoms with Gasteiger partial charge in [-0.1, -0.05) is 62.1 Å². The average molecular weight is 562 g/mol. The predicted molar refractivity (Wildman–Crippen MR) is 164 cm³/mol. The van der Waals surface area contributed by atoms with E-state index in [1.807, 2.05) is 17.1 Å². The van der Waals surface area contributed by atoms with Gasteiger partial charge in [-0.05, 0) is 75.3 Å². The number of aromatic nitrogens is 3. The molecular weight excluding hydrogens is 522 g/mol. The third-order valence-electron chi connectivity index (χ3n) is 5.21. The van der Waals surface area contributed by atoms with Crippen molar-refractivity contribution >= 4 is 52.7 Å². The standard InChI is InChI=1S/C17H26N4OS2.C11H14ClN/c1-4-7-16(8-6-12-21(14-22)11-5-2)10-9-15(3)23-20-17-18-13-19-24-17;1-4-10(12)8-11-9(3)6-7-13(11)5-2/h4,7,9-10,13-15H,1,5-6,8,11-12H2,2-3H3,(H,18,19,20);4,6-8H,1,5H2,2-3H3/b10-9-,16-7-;10-8+. The van der Waals surface area contributed by atoms with Gasteiger partial charge in [-0.2, -0.15) is 4.37 Å². The third kappa shape index (κ3) is 13.5. The van der Waals surface area contributed by atoms with Gasteiger partial charge in [-0.25, -0.2) is 4.98 Å². The molecule has 0 fully saturated rings. The molecule has 1 unspecified atom stereocenters. The molecule has 0 aliphatic heterocycles. The molecule has 1 amide bonds. The van der Waals surface area contributed by atoms with Crippen LogP contribution in [0.3, 0.4) is 0 Å². The topological polar surface area (TPSA) is 63.1 Å². The molecule has 0 aromatic carbocycles. The minimum absolute atomic E-state index is 0.300. The van der Waals surface area contributed by atoms with E-state index in [4.69, 9.17) is 11.6 Å². The van der Waals surface area contributed by atoms with E-state index in [-0.39, 0.29) is 0 Å². The summed E-state index contributed by atoms with van der Waals surface area (Å²) >= 11 is 8.83. The number of nitrogens with one attached hydrogen (secondary N) is 1. The summed E-state index contributed by atoms with van der Waals surface area (Å²) in [5.41, 5.74) is 3.62. The van der Waals surface area contributed by atoms with Crippen molar-refractivity contribution in [1.29, 1.82) is 0 Å². The van der Waals surface area contributed by atoms with Crippen molar-refractivity contribution in [1.82, 2.24) is 18.8 Å². The number of halogens is 1. The highest BCUT2D eigenvalue weighted by molar-refractivity contribution is 8.01. The van der Waals surface area contributed by atoms with Crippen molar-refractivity contribution in [2.24, 2.45) is 0 Å². The SMILES string of the molecule is C=C/C(Cl)=C\c1c(C)ccn1CC.C=C/C=C(\C=C/C(C)SNc1ncns1)CCCN(C=O)CCC. The van der Waals surface area contributed by atoms with E-state index in [0.717, 1.165) is 56.1 Å². The van der Waals surface area contributed by atoms with Crippen molar-refractivity contribution in [3.05, 3.63) is 84.0 Å². The summed E-state index contributed by atoms with van der Waals surface area (Å²) < 4.78 is 9.29. The minimum atomic E-state index is 0.300. The van der Waals surface area contributed by atoms with E-state index in [2.05, 4.69) is 83.9 Å². The van der Waals surface area contributed by atoms with Crippen LogP contribution >= 0.6 is 35.1 Å². The van der Waals surface area contributed by atoms with Crippen LogP contribution in [0.2, 0.25) is 0 Å². The molecule has 2 aromatic rings. The number of amides is 1. The van der Waals surface area contributed by atoms with Crippen LogP contribution in [0.1, 0.15) is 51.3 Å². The first-order chi connectivity index (χ1) is 17.9. The van der Waals surface area contributed by atoms with Crippen LogP contribution in [0.5, 0.6) is 0 Å². The average Bonchev–Trinajstić information content (AvgIpc) is 3.55. The molecule has 0 aliphatic rings. The molecule has 0 radical (unpaired) electrons. The largest absolute Gasteiger partial charge is 0.348 e. The Balaban J connectivity index is 0.000000442. The lowest BCUT2D eigenvalue weighted by molar-refractivity contribution is -0.118. The number of aryl methyl sites for hydroxylation is 2. The number of nitrogens with zero attached hydrogens (tertiary/aromatic N) is 4. The lowest BCUT2D eigenvalue weighted by atomic mass is 10.1. The van der Waals surface area contributed by atoms with Crippen LogP contribution in [-0.4, -0.2) is 43.6 Å². The van der Waals surface area contributed by atoms with Gasteiger partial charge in [-0.3, -0.25) is 4.79 Å². The Labute approximate surface area is 236 Å². The molecule has 1 N–H and O–H groups in total. The molecule has 1 atom stereocenters. The molecule has 2 heterocycles. The number of allylic oxidation sites excluding steroid dienone is 6. The summed E-state index contributed by atoms with van der Waals surface area (Å²) in [6.45, 7) is 18.4. The van der Waals surface area contributed by atoms with E-state index < -0.39 is 0 Å². The summed E-state index contributed by atoms with van der Waals surface area (Å²) in [6.07, 6.45) is 19.1. The lowest BCUT2D eigenvalue weighted by Crippen LogP contribution is -2.23. The molecule has 2 aromatic heterocycles. The smallest absolute Gasteiger partial charge is 0.212 e. The highest BCUT2D eigenvalue weighted by atomic mass is 35.5. The van der Waals surface area contributed by atoms with E-state index >= 15 is 0 Å². The maximum atomic E-state index is 10.9. The number of hydrogen-bond acceptors (Lipinski definition) is 6. The Morgan fingerprint density at radius 1 is 1.35 bits per heavy atom. The highest BCUT2D eigenvalue weighted by Gasteiger charge is 2.03. The maximum absolute atomic E-state index is 10.9. The number of anilines is 1. The van der Waals surface area contributed by atoms with Gasteiger partial charge in [0, 0.05) is 53.3 Å². The second-order valence-corrected chi connectivity index (χ2v) is 10.6. The molecule has 2 rings (SSSR count). The van der Waals surface area contributed by atoms with Gasteiger partial charge in [-0.15, -0.1) is 0 Å². The quantitative estimate of drug-likeness (QED) is 0.128. The van der Waals surface area contributed by atoms with E-state index in [1.54, 1.807) is 30.4 Å². The number of carbonyl (C=O) groups excluding carboxylic acids is 1. The van der Waals surface area contributed by atoms with Gasteiger partial charge in [0.15, 0.2) is 0 Å². The van der Waals surface area contributed by atoms with Gasteiger partial charge >= 0.3 is 0 Å². The maximum Gasteiger partial charge on any atom is 0.212 e. The second kappa shape index (κ2) is 19.5. The van der Waals surface area contributed by atoms with Crippen molar-refractivity contribution in [2.45, 2.75) is 58.8 Å². The molecule has 0 bridgehead atoms. The Kier molecular flexibility index (Phi) is 17.2. The summed E-state index contributed by atoms with van der Waals surface area (Å²) in [6, 6.07) is 2.09. The molecule has 0 spiro atoms. The third-order valence-corrected chi connectivity index (χ3v) is 7.02. The van der Waals surface area contributed by atoms with Gasteiger partial charge in [0.1, 0.15) is 6.33 Å². The second-order valence-electron chi connectivity index (χ2n) is 8.16. The molecule has 6 nitrogen and oxygen atoms in total. The fourth-order valence-electron chi connectivity index (χ4n) is 3.28. The van der Waals surface area contributed by atoms with Crippen molar-refractivity contribution in [3.8, 4) is 0 Å². The zero-order valence-electron chi connectivity index (χ0n) is 22.4. The molecule has 0 saturated heterocycles. The van der Waals surface area contributed by atoms with E-state index in [9.17, 15) is 4.79 Å². The fraction of sp³-hybridized carbons (Fsp3) is 0.393. The van der Waals surface area contributed by atoms with Gasteiger partial charge < -0.3 is 14.2 Å². The summed E-state index contributed by atoms with van der Waals surface area (Å²) in [5, 5.41) is 1.79. The molecular formula is C28H40ClN5OS2. The van der Waals surface area contributed by atoms with Crippen LogP contribution in [-0.2, 0) is 11.3 Å². The highest BCUT2D eigenvalue weighted by Crippen LogP contribution is 2.19. The zero-order chi connectivity index (χ0) is 27.5. The van der Waals surface area contributed by atoms with Crippen LogP contribution in [0.4, 0.5) is 5.13 Å². The Morgan fingerprint density at radius 3 is 2.73 bits per heavy atom. The number of hydrogen-bond donors (Lipinski definition) is 1. The zero-order valence-corrected chi connectivity index (χ0v) is 24.8. The van der Waals surface area contributed by atoms with Crippen LogP contribution in [0.15, 0.2) is 72.7 Å². The van der Waals surface area contributed by atoms with Gasteiger partial charge in [0.2, 0.25) is 11.5 Å². The molecule has 0 aliphatic carbocycles. The Morgan fingerprint density at radius 2 is 2.14 bits per heavy atom. The summed E-state index contributed by atoms with van der Waals surface area (Å²) in [4.78, 5) is 16.9. The molecule has 202 valence electrons. The number of carbonyl (C=O) groups is 1. The molecule has 0 saturated carbocycles. The Bertz CT molecular complexity index is 1030. The monoisotopic (exact) mass is 561 g/mol. The normalized spacial score (nSPS) is 12.6. The fourth-order valence-corrected chi connectivity index (χ4v) is 4.46. The summed E-state index contributed by atoms with van der Waals surface area (Å²) in [5.74, 6) is 0. The van der Waals surface area contributed by atoms with Crippen LogP contribution < -0.4 is 4.72 Å². The van der Waals surface area contributed by atoms with E-state index in [1.165, 1.54) is 22.7 Å². The Hall–Kier alpha value is -2.55.